The van der Waals surface area contributed by atoms with Gasteiger partial charge in [-0.05, 0) is 19.8 Å². The molecular formula is C10H17N3O2. The van der Waals surface area contributed by atoms with Crippen molar-refractivity contribution < 1.29 is 5.21 Å². The van der Waals surface area contributed by atoms with Gasteiger partial charge in [0.15, 0.2) is 5.82 Å². The Morgan fingerprint density at radius 1 is 1.40 bits per heavy atom. The number of nitrogens with zero attached hydrogens (tertiary/aromatic N) is 3. The van der Waals surface area contributed by atoms with E-state index in [-0.39, 0.29) is 5.92 Å². The summed E-state index contributed by atoms with van der Waals surface area (Å²) in [5, 5.41) is 13.8. The average Bonchev–Trinajstić information content (AvgIpc) is 2.57. The standard InChI is InChI=1S/C10H17N3O2/c1-2-12-10(14)13(15)9(11-12)8-6-4-3-5-7-8/h8,15H,2-7H2,1H3. The number of aromatic nitrogens is 3. The van der Waals surface area contributed by atoms with E-state index in [1.54, 1.807) is 0 Å². The van der Waals surface area contributed by atoms with Gasteiger partial charge in [0.05, 0.1) is 0 Å². The second kappa shape index (κ2) is 4.08. The van der Waals surface area contributed by atoms with Crippen molar-refractivity contribution in [1.82, 2.24) is 14.5 Å². The first-order chi connectivity index (χ1) is 7.24. The number of hydrogen-bond donors (Lipinski definition) is 1. The summed E-state index contributed by atoms with van der Waals surface area (Å²) in [6.07, 6.45) is 5.64. The van der Waals surface area contributed by atoms with Gasteiger partial charge in [-0.15, -0.1) is 4.73 Å². The molecule has 15 heavy (non-hydrogen) atoms. The zero-order valence-electron chi connectivity index (χ0n) is 9.02. The SMILES string of the molecule is CCn1nc(C2CCCCC2)n(O)c1=O. The lowest BCUT2D eigenvalue weighted by molar-refractivity contribution is 0.155. The van der Waals surface area contributed by atoms with Crippen LogP contribution < -0.4 is 5.69 Å². The lowest BCUT2D eigenvalue weighted by atomic mass is 9.89. The largest absolute Gasteiger partial charge is 0.422 e. The molecule has 0 aromatic carbocycles. The van der Waals surface area contributed by atoms with E-state index < -0.39 is 5.69 Å². The predicted molar refractivity (Wildman–Crippen MR) is 55.2 cm³/mol. The van der Waals surface area contributed by atoms with Crippen molar-refractivity contribution in [3.05, 3.63) is 16.3 Å². The third-order valence-electron chi connectivity index (χ3n) is 3.11. The summed E-state index contributed by atoms with van der Waals surface area (Å²) in [5.41, 5.74) is -0.418. The Hall–Kier alpha value is -1.26. The second-order valence-corrected chi connectivity index (χ2v) is 4.10. The minimum Gasteiger partial charge on any atom is -0.422 e. The highest BCUT2D eigenvalue weighted by Gasteiger charge is 2.23. The Morgan fingerprint density at radius 2 is 2.07 bits per heavy atom. The first-order valence-corrected chi connectivity index (χ1v) is 5.63. The van der Waals surface area contributed by atoms with Gasteiger partial charge >= 0.3 is 5.69 Å². The van der Waals surface area contributed by atoms with Gasteiger partial charge in [0.25, 0.3) is 0 Å². The highest BCUT2D eigenvalue weighted by Crippen LogP contribution is 2.30. The van der Waals surface area contributed by atoms with Crippen LogP contribution in [0, 0.1) is 0 Å². The zero-order chi connectivity index (χ0) is 10.8. The van der Waals surface area contributed by atoms with Crippen LogP contribution in [0.2, 0.25) is 0 Å². The first-order valence-electron chi connectivity index (χ1n) is 5.63. The smallest absolute Gasteiger partial charge is 0.378 e. The van der Waals surface area contributed by atoms with Gasteiger partial charge in [-0.25, -0.2) is 9.48 Å². The monoisotopic (exact) mass is 211 g/mol. The molecular weight excluding hydrogens is 194 g/mol. The van der Waals surface area contributed by atoms with Crippen molar-refractivity contribution in [1.29, 1.82) is 0 Å². The second-order valence-electron chi connectivity index (χ2n) is 4.10. The van der Waals surface area contributed by atoms with E-state index in [2.05, 4.69) is 5.10 Å². The first kappa shape index (κ1) is 10.3. The van der Waals surface area contributed by atoms with E-state index in [0.717, 1.165) is 30.4 Å². The van der Waals surface area contributed by atoms with Gasteiger partial charge in [-0.1, -0.05) is 19.3 Å². The summed E-state index contributed by atoms with van der Waals surface area (Å²) in [4.78, 5) is 11.5. The Labute approximate surface area is 88.3 Å². The molecule has 5 heteroatoms. The molecule has 1 aromatic heterocycles. The fraction of sp³-hybridized carbons (Fsp3) is 0.800. The van der Waals surface area contributed by atoms with Crippen LogP contribution >= 0.6 is 0 Å². The summed E-state index contributed by atoms with van der Waals surface area (Å²) in [6.45, 7) is 2.35. The topological polar surface area (TPSA) is 60.1 Å². The van der Waals surface area contributed by atoms with Gasteiger partial charge in [0.2, 0.25) is 0 Å². The molecule has 0 bridgehead atoms. The summed E-state index contributed by atoms with van der Waals surface area (Å²) in [5.74, 6) is 0.797. The minimum absolute atomic E-state index is 0.254. The molecule has 1 aliphatic rings. The van der Waals surface area contributed by atoms with E-state index in [9.17, 15) is 10.0 Å². The maximum atomic E-state index is 11.5. The molecule has 1 aliphatic carbocycles. The lowest BCUT2D eigenvalue weighted by Crippen LogP contribution is -2.23. The van der Waals surface area contributed by atoms with Crippen LogP contribution in [0.15, 0.2) is 4.79 Å². The van der Waals surface area contributed by atoms with Crippen molar-refractivity contribution in [3.63, 3.8) is 0 Å². The van der Waals surface area contributed by atoms with E-state index in [0.29, 0.717) is 12.4 Å². The normalized spacial score (nSPS) is 18.2. The van der Waals surface area contributed by atoms with Gasteiger partial charge in [0, 0.05) is 12.5 Å². The van der Waals surface area contributed by atoms with Crippen molar-refractivity contribution in [2.45, 2.75) is 51.5 Å². The van der Waals surface area contributed by atoms with Crippen LogP contribution in [0.1, 0.15) is 50.8 Å². The molecule has 0 aliphatic heterocycles. The minimum atomic E-state index is -0.418. The molecule has 5 nitrogen and oxygen atoms in total. The van der Waals surface area contributed by atoms with Gasteiger partial charge in [-0.2, -0.15) is 5.10 Å². The van der Waals surface area contributed by atoms with Crippen LogP contribution in [-0.2, 0) is 6.54 Å². The van der Waals surface area contributed by atoms with E-state index >= 15 is 0 Å². The predicted octanol–water partition coefficient (Wildman–Crippen LogP) is 1.35. The number of rotatable bonds is 2. The summed E-state index contributed by atoms with van der Waals surface area (Å²) < 4.78 is 2.03. The quantitative estimate of drug-likeness (QED) is 0.751. The maximum absolute atomic E-state index is 11.5. The van der Waals surface area contributed by atoms with Crippen molar-refractivity contribution in [2.24, 2.45) is 0 Å². The van der Waals surface area contributed by atoms with Gasteiger partial charge < -0.3 is 5.21 Å². The summed E-state index contributed by atoms with van der Waals surface area (Å²) in [6, 6.07) is 0. The molecule has 1 aromatic rings. The molecule has 1 heterocycles. The molecule has 0 atom stereocenters. The molecule has 2 rings (SSSR count). The summed E-state index contributed by atoms with van der Waals surface area (Å²) >= 11 is 0. The highest BCUT2D eigenvalue weighted by atomic mass is 16.5. The van der Waals surface area contributed by atoms with Crippen molar-refractivity contribution >= 4 is 0 Å². The highest BCUT2D eigenvalue weighted by molar-refractivity contribution is 4.96. The maximum Gasteiger partial charge on any atom is 0.378 e. The molecule has 84 valence electrons. The van der Waals surface area contributed by atoms with Crippen LogP contribution in [0.4, 0.5) is 0 Å². The van der Waals surface area contributed by atoms with Crippen LogP contribution in [0.25, 0.3) is 0 Å². The molecule has 0 radical (unpaired) electrons. The molecule has 1 saturated carbocycles. The van der Waals surface area contributed by atoms with E-state index in [4.69, 9.17) is 0 Å². The third kappa shape index (κ3) is 1.78. The Morgan fingerprint density at radius 3 is 2.60 bits per heavy atom. The zero-order valence-corrected chi connectivity index (χ0v) is 9.02. The Kier molecular flexibility index (Phi) is 2.79. The lowest BCUT2D eigenvalue weighted by Gasteiger charge is -2.19. The van der Waals surface area contributed by atoms with E-state index in [1.807, 2.05) is 6.92 Å². The number of aryl methyl sites for hydroxylation is 1. The van der Waals surface area contributed by atoms with Gasteiger partial charge in [0.1, 0.15) is 0 Å². The van der Waals surface area contributed by atoms with Crippen LogP contribution in [-0.4, -0.2) is 19.7 Å². The third-order valence-corrected chi connectivity index (χ3v) is 3.11. The Bertz CT molecular complexity index is 388. The van der Waals surface area contributed by atoms with Gasteiger partial charge in [-0.3, -0.25) is 0 Å². The van der Waals surface area contributed by atoms with Crippen molar-refractivity contribution in [3.8, 4) is 0 Å². The number of hydrogen-bond acceptors (Lipinski definition) is 3. The van der Waals surface area contributed by atoms with E-state index in [1.165, 1.54) is 11.1 Å². The fourth-order valence-electron chi connectivity index (χ4n) is 2.24. The molecule has 0 spiro atoms. The molecule has 0 saturated heterocycles. The van der Waals surface area contributed by atoms with Crippen LogP contribution in [0.5, 0.6) is 0 Å². The average molecular weight is 211 g/mol. The molecule has 0 unspecified atom stereocenters. The molecule has 1 N–H and O–H groups in total. The van der Waals surface area contributed by atoms with Crippen LogP contribution in [0.3, 0.4) is 0 Å². The summed E-state index contributed by atoms with van der Waals surface area (Å²) in [7, 11) is 0. The Balaban J connectivity index is 2.30. The molecule has 0 amide bonds. The molecule has 1 fully saturated rings. The van der Waals surface area contributed by atoms with Crippen molar-refractivity contribution in [2.75, 3.05) is 0 Å². The fourth-order valence-corrected chi connectivity index (χ4v) is 2.24.